The molecule has 0 aliphatic heterocycles. The van der Waals surface area contributed by atoms with Crippen molar-refractivity contribution in [3.05, 3.63) is 40.0 Å². The molecule has 3 rings (SSSR count). The van der Waals surface area contributed by atoms with Gasteiger partial charge in [0, 0.05) is 10.8 Å². The first-order valence-corrected chi connectivity index (χ1v) is 9.72. The van der Waals surface area contributed by atoms with Crippen molar-refractivity contribution in [2.75, 3.05) is 13.2 Å². The maximum Gasteiger partial charge on any atom is 0.362 e. The second kappa shape index (κ2) is 6.32. The van der Waals surface area contributed by atoms with Crippen molar-refractivity contribution in [3.63, 3.8) is 0 Å². The van der Waals surface area contributed by atoms with Gasteiger partial charge in [-0.15, -0.1) is 0 Å². The molecule has 0 unspecified atom stereocenters. The number of hydrogen-bond acceptors (Lipinski definition) is 4. The van der Waals surface area contributed by atoms with Crippen molar-refractivity contribution in [2.24, 2.45) is 0 Å². The molecule has 0 saturated carbocycles. The Morgan fingerprint density at radius 1 is 1.05 bits per heavy atom. The van der Waals surface area contributed by atoms with Crippen LogP contribution in [0.25, 0.3) is 21.9 Å². The van der Waals surface area contributed by atoms with Crippen LogP contribution in [0, 0.1) is 3.57 Å². The fourth-order valence-corrected chi connectivity index (χ4v) is 5.57. The Hall–Kier alpha value is -0.880. The molecule has 0 N–H and O–H groups in total. The van der Waals surface area contributed by atoms with Crippen molar-refractivity contribution < 1.29 is 18.0 Å². The molecular formula is C16H16IO4P. The van der Waals surface area contributed by atoms with Gasteiger partial charge in [0.25, 0.3) is 0 Å². The van der Waals surface area contributed by atoms with Gasteiger partial charge in [0.15, 0.2) is 0 Å². The summed E-state index contributed by atoms with van der Waals surface area (Å²) in [7, 11) is -3.32. The molecule has 116 valence electrons. The van der Waals surface area contributed by atoms with Gasteiger partial charge < -0.3 is 13.5 Å². The van der Waals surface area contributed by atoms with Crippen LogP contribution in [0.15, 0.2) is 40.8 Å². The number of fused-ring (bicyclic) bond motifs is 3. The van der Waals surface area contributed by atoms with E-state index in [1.807, 2.05) is 36.4 Å². The number of benzene rings is 2. The van der Waals surface area contributed by atoms with Crippen molar-refractivity contribution in [1.29, 1.82) is 0 Å². The fourth-order valence-electron chi connectivity index (χ4n) is 2.47. The molecule has 4 nitrogen and oxygen atoms in total. The van der Waals surface area contributed by atoms with E-state index in [9.17, 15) is 4.57 Å². The highest BCUT2D eigenvalue weighted by Gasteiger charge is 2.31. The van der Waals surface area contributed by atoms with Crippen LogP contribution in [0.5, 0.6) is 0 Å². The Kier molecular flexibility index (Phi) is 4.59. The smallest absolute Gasteiger partial charge is 0.362 e. The first-order chi connectivity index (χ1) is 10.6. The van der Waals surface area contributed by atoms with Crippen molar-refractivity contribution >= 4 is 57.4 Å². The van der Waals surface area contributed by atoms with Crippen LogP contribution in [0.4, 0.5) is 0 Å². The monoisotopic (exact) mass is 430 g/mol. The van der Waals surface area contributed by atoms with Crippen LogP contribution < -0.4 is 5.30 Å². The van der Waals surface area contributed by atoms with Gasteiger partial charge in [-0.05, 0) is 54.6 Å². The second-order valence-electron chi connectivity index (χ2n) is 4.71. The SMILES string of the molecule is CCOP(=O)(OCC)c1ccc2c(oc3ccccc32)c1I. The predicted octanol–water partition coefficient (Wildman–Crippen LogP) is 5.08. The normalized spacial score (nSPS) is 12.3. The van der Waals surface area contributed by atoms with Crippen LogP contribution in [0.2, 0.25) is 0 Å². The number of para-hydroxylation sites is 1. The van der Waals surface area contributed by atoms with E-state index in [4.69, 9.17) is 13.5 Å². The van der Waals surface area contributed by atoms with Gasteiger partial charge in [-0.1, -0.05) is 18.2 Å². The van der Waals surface area contributed by atoms with E-state index in [2.05, 4.69) is 22.6 Å². The second-order valence-corrected chi connectivity index (χ2v) is 7.78. The third kappa shape index (κ3) is 2.60. The molecule has 0 fully saturated rings. The molecule has 1 aromatic heterocycles. The summed E-state index contributed by atoms with van der Waals surface area (Å²) < 4.78 is 30.6. The topological polar surface area (TPSA) is 48.7 Å². The molecule has 0 radical (unpaired) electrons. The Morgan fingerprint density at radius 3 is 2.41 bits per heavy atom. The lowest BCUT2D eigenvalue weighted by atomic mass is 10.1. The lowest BCUT2D eigenvalue weighted by Gasteiger charge is -2.18. The summed E-state index contributed by atoms with van der Waals surface area (Å²) in [5.41, 5.74) is 1.54. The molecule has 3 aromatic rings. The average molecular weight is 430 g/mol. The summed E-state index contributed by atoms with van der Waals surface area (Å²) in [6, 6.07) is 11.6. The molecular weight excluding hydrogens is 414 g/mol. The van der Waals surface area contributed by atoms with E-state index < -0.39 is 7.60 Å². The van der Waals surface area contributed by atoms with Crippen molar-refractivity contribution in [1.82, 2.24) is 0 Å². The molecule has 0 saturated heterocycles. The Labute approximate surface area is 142 Å². The summed E-state index contributed by atoms with van der Waals surface area (Å²) in [6.45, 7) is 4.26. The molecule has 0 atom stereocenters. The number of furan rings is 1. The molecule has 0 amide bonds. The third-order valence-electron chi connectivity index (χ3n) is 3.36. The molecule has 0 aliphatic rings. The number of halogens is 1. The van der Waals surface area contributed by atoms with E-state index in [-0.39, 0.29) is 0 Å². The fraction of sp³-hybridized carbons (Fsp3) is 0.250. The first kappa shape index (κ1) is 16.0. The Morgan fingerprint density at radius 2 is 1.73 bits per heavy atom. The van der Waals surface area contributed by atoms with E-state index >= 15 is 0 Å². The van der Waals surface area contributed by atoms with Crippen molar-refractivity contribution in [2.45, 2.75) is 13.8 Å². The van der Waals surface area contributed by atoms with Crippen molar-refractivity contribution in [3.8, 4) is 0 Å². The molecule has 22 heavy (non-hydrogen) atoms. The zero-order valence-electron chi connectivity index (χ0n) is 12.3. The van der Waals surface area contributed by atoms with Crippen LogP contribution in [-0.2, 0) is 13.6 Å². The molecule has 0 aliphatic carbocycles. The largest absolute Gasteiger partial charge is 0.455 e. The quantitative estimate of drug-likeness (QED) is 0.419. The number of rotatable bonds is 5. The van der Waals surface area contributed by atoms with Crippen LogP contribution >= 0.6 is 30.2 Å². The molecule has 2 aromatic carbocycles. The van der Waals surface area contributed by atoms with Crippen LogP contribution in [0.3, 0.4) is 0 Å². The highest BCUT2D eigenvalue weighted by Crippen LogP contribution is 2.49. The minimum atomic E-state index is -3.32. The molecule has 0 bridgehead atoms. The predicted molar refractivity (Wildman–Crippen MR) is 96.9 cm³/mol. The highest BCUT2D eigenvalue weighted by atomic mass is 127. The van der Waals surface area contributed by atoms with E-state index in [0.29, 0.717) is 18.5 Å². The minimum absolute atomic E-state index is 0.325. The summed E-state index contributed by atoms with van der Waals surface area (Å²) >= 11 is 2.15. The summed E-state index contributed by atoms with van der Waals surface area (Å²) in [5.74, 6) is 0. The van der Waals surface area contributed by atoms with Gasteiger partial charge in [-0.2, -0.15) is 0 Å². The number of hydrogen-bond donors (Lipinski definition) is 0. The summed E-state index contributed by atoms with van der Waals surface area (Å²) in [4.78, 5) is 0. The first-order valence-electron chi connectivity index (χ1n) is 7.10. The standard InChI is InChI=1S/C16H16IO4P/c1-3-19-22(18,20-4-2)14-10-9-12-11-7-5-6-8-13(11)21-16(12)15(14)17/h5-10H,3-4H2,1-2H3. The van der Waals surface area contributed by atoms with Gasteiger partial charge in [0.05, 0.1) is 22.1 Å². The lowest BCUT2D eigenvalue weighted by molar-refractivity contribution is 0.230. The zero-order valence-corrected chi connectivity index (χ0v) is 15.4. The van der Waals surface area contributed by atoms with Gasteiger partial charge in [0.2, 0.25) is 0 Å². The lowest BCUT2D eigenvalue weighted by Crippen LogP contribution is -2.14. The van der Waals surface area contributed by atoms with Gasteiger partial charge >= 0.3 is 7.60 Å². The van der Waals surface area contributed by atoms with Gasteiger partial charge in [-0.3, -0.25) is 4.57 Å². The average Bonchev–Trinajstić information content (AvgIpc) is 2.88. The maximum atomic E-state index is 13.0. The summed E-state index contributed by atoms with van der Waals surface area (Å²) in [6.07, 6.45) is 0. The summed E-state index contributed by atoms with van der Waals surface area (Å²) in [5, 5.41) is 2.61. The maximum absolute atomic E-state index is 13.0. The Bertz CT molecular complexity index is 861. The molecule has 1 heterocycles. The zero-order chi connectivity index (χ0) is 15.7. The third-order valence-corrected chi connectivity index (χ3v) is 7.02. The van der Waals surface area contributed by atoms with Crippen LogP contribution in [0.1, 0.15) is 13.8 Å². The van der Waals surface area contributed by atoms with E-state index in [1.54, 1.807) is 13.8 Å². The van der Waals surface area contributed by atoms with Gasteiger partial charge in [-0.25, -0.2) is 0 Å². The molecule has 6 heteroatoms. The van der Waals surface area contributed by atoms with Crippen LogP contribution in [-0.4, -0.2) is 13.2 Å². The van der Waals surface area contributed by atoms with E-state index in [1.165, 1.54) is 0 Å². The van der Waals surface area contributed by atoms with E-state index in [0.717, 1.165) is 25.5 Å². The Balaban J connectivity index is 2.25. The molecule has 0 spiro atoms. The highest BCUT2D eigenvalue weighted by molar-refractivity contribution is 14.1. The van der Waals surface area contributed by atoms with Gasteiger partial charge in [0.1, 0.15) is 11.2 Å². The minimum Gasteiger partial charge on any atom is -0.455 e.